The van der Waals surface area contributed by atoms with Crippen molar-refractivity contribution in [3.8, 4) is 11.7 Å². The predicted octanol–water partition coefficient (Wildman–Crippen LogP) is 2.49. The number of ether oxygens (including phenoxy) is 1. The van der Waals surface area contributed by atoms with Gasteiger partial charge in [0.1, 0.15) is 11.5 Å². The molecule has 2 rings (SSSR count). The van der Waals surface area contributed by atoms with Gasteiger partial charge in [0.25, 0.3) is 5.95 Å². The van der Waals surface area contributed by atoms with Crippen molar-refractivity contribution in [1.82, 2.24) is 4.90 Å². The highest BCUT2D eigenvalue weighted by molar-refractivity contribution is 5.26. The summed E-state index contributed by atoms with van der Waals surface area (Å²) in [4.78, 5) is 2.00. The van der Waals surface area contributed by atoms with Gasteiger partial charge in [-0.3, -0.25) is 4.90 Å². The second-order valence-electron chi connectivity index (χ2n) is 5.94. The monoisotopic (exact) mass is 305 g/mol. The van der Waals surface area contributed by atoms with Crippen LogP contribution < -0.4 is 4.74 Å². The van der Waals surface area contributed by atoms with E-state index >= 15 is 0 Å². The van der Waals surface area contributed by atoms with E-state index in [1.165, 1.54) is 0 Å². The normalized spacial score (nSPS) is 11.9. The Morgan fingerprint density at radius 2 is 1.77 bits per heavy atom. The molecule has 5 heteroatoms. The van der Waals surface area contributed by atoms with Crippen LogP contribution in [0.3, 0.4) is 0 Å². The number of aliphatic hydroxyl groups excluding tert-OH is 2. The van der Waals surface area contributed by atoms with Gasteiger partial charge >= 0.3 is 0 Å². The topological polar surface area (TPSA) is 66.1 Å². The molecule has 0 radical (unpaired) electrons. The van der Waals surface area contributed by atoms with Gasteiger partial charge in [-0.15, -0.1) is 0 Å². The zero-order valence-corrected chi connectivity index (χ0v) is 13.0. The van der Waals surface area contributed by atoms with Crippen LogP contribution in [0.5, 0.6) is 11.7 Å². The van der Waals surface area contributed by atoms with E-state index in [0.29, 0.717) is 19.0 Å². The van der Waals surface area contributed by atoms with Gasteiger partial charge in [0.05, 0.1) is 19.8 Å². The van der Waals surface area contributed by atoms with Gasteiger partial charge in [-0.2, -0.15) is 0 Å². The summed E-state index contributed by atoms with van der Waals surface area (Å²) in [6.07, 6.45) is 0. The number of para-hydroxylation sites is 1. The molecule has 1 heterocycles. The average molecular weight is 305 g/mol. The fourth-order valence-electron chi connectivity index (χ4n) is 2.23. The fourth-order valence-corrected chi connectivity index (χ4v) is 2.23. The van der Waals surface area contributed by atoms with Crippen molar-refractivity contribution in [3.05, 3.63) is 48.2 Å². The van der Waals surface area contributed by atoms with Crippen LogP contribution in [0, 0.1) is 5.41 Å². The highest BCUT2D eigenvalue weighted by atomic mass is 16.6. The van der Waals surface area contributed by atoms with Crippen LogP contribution in [-0.2, 0) is 6.54 Å². The van der Waals surface area contributed by atoms with E-state index in [1.807, 2.05) is 55.3 Å². The van der Waals surface area contributed by atoms with Crippen molar-refractivity contribution < 1.29 is 19.4 Å². The molecule has 1 aromatic carbocycles. The number of nitrogens with zero attached hydrogens (tertiary/aromatic N) is 1. The number of furan rings is 1. The Bertz CT molecular complexity index is 563. The van der Waals surface area contributed by atoms with Crippen LogP contribution in [0.15, 0.2) is 46.9 Å². The van der Waals surface area contributed by atoms with Gasteiger partial charge in [-0.25, -0.2) is 0 Å². The molecular weight excluding hydrogens is 282 g/mol. The van der Waals surface area contributed by atoms with Gasteiger partial charge in [-0.1, -0.05) is 25.1 Å². The number of hydrogen-bond acceptors (Lipinski definition) is 5. The summed E-state index contributed by atoms with van der Waals surface area (Å²) in [6, 6.07) is 13.1. The Hall–Kier alpha value is -1.82. The zero-order valence-electron chi connectivity index (χ0n) is 13.0. The summed E-state index contributed by atoms with van der Waals surface area (Å²) in [5, 5.41) is 18.7. The van der Waals surface area contributed by atoms with Crippen molar-refractivity contribution in [1.29, 1.82) is 0 Å². The van der Waals surface area contributed by atoms with Crippen molar-refractivity contribution in [3.63, 3.8) is 0 Å². The van der Waals surface area contributed by atoms with Crippen LogP contribution in [-0.4, -0.2) is 41.9 Å². The van der Waals surface area contributed by atoms with Crippen molar-refractivity contribution in [2.24, 2.45) is 5.41 Å². The molecule has 0 saturated carbocycles. The Balaban J connectivity index is 1.91. The van der Waals surface area contributed by atoms with Gasteiger partial charge in [0, 0.05) is 18.0 Å². The van der Waals surface area contributed by atoms with Crippen LogP contribution in [0.2, 0.25) is 0 Å². The first-order valence-corrected chi connectivity index (χ1v) is 7.26. The van der Waals surface area contributed by atoms with Gasteiger partial charge < -0.3 is 19.4 Å². The molecule has 5 nitrogen and oxygen atoms in total. The van der Waals surface area contributed by atoms with E-state index in [1.54, 1.807) is 6.07 Å². The molecule has 0 atom stereocenters. The molecule has 120 valence electrons. The Morgan fingerprint density at radius 1 is 1.09 bits per heavy atom. The zero-order chi connectivity index (χ0) is 16.0. The molecule has 1 aromatic heterocycles. The fraction of sp³-hybridized carbons (Fsp3) is 0.412. The van der Waals surface area contributed by atoms with E-state index in [-0.39, 0.29) is 13.2 Å². The van der Waals surface area contributed by atoms with E-state index < -0.39 is 5.41 Å². The maximum Gasteiger partial charge on any atom is 0.290 e. The first-order valence-electron chi connectivity index (χ1n) is 7.26. The second kappa shape index (κ2) is 7.45. The number of hydrogen-bond donors (Lipinski definition) is 2. The Morgan fingerprint density at radius 3 is 2.41 bits per heavy atom. The minimum atomic E-state index is -0.523. The number of benzene rings is 1. The molecule has 0 spiro atoms. The third kappa shape index (κ3) is 4.59. The number of rotatable bonds is 8. The quantitative estimate of drug-likeness (QED) is 0.784. The molecule has 0 aliphatic rings. The van der Waals surface area contributed by atoms with E-state index in [9.17, 15) is 10.2 Å². The van der Waals surface area contributed by atoms with Crippen molar-refractivity contribution in [2.75, 3.05) is 26.8 Å². The van der Waals surface area contributed by atoms with Crippen LogP contribution in [0.25, 0.3) is 0 Å². The lowest BCUT2D eigenvalue weighted by atomic mass is 9.92. The molecule has 0 fully saturated rings. The molecule has 0 aliphatic heterocycles. The maximum atomic E-state index is 9.34. The molecule has 2 aromatic rings. The lowest BCUT2D eigenvalue weighted by Gasteiger charge is -2.29. The highest BCUT2D eigenvalue weighted by Crippen LogP contribution is 2.24. The Labute approximate surface area is 130 Å². The van der Waals surface area contributed by atoms with Crippen molar-refractivity contribution in [2.45, 2.75) is 13.5 Å². The van der Waals surface area contributed by atoms with Gasteiger partial charge in [0.15, 0.2) is 0 Å². The van der Waals surface area contributed by atoms with Crippen LogP contribution in [0.1, 0.15) is 12.7 Å². The summed E-state index contributed by atoms with van der Waals surface area (Å²) < 4.78 is 11.3. The smallest absolute Gasteiger partial charge is 0.290 e. The summed E-state index contributed by atoms with van der Waals surface area (Å²) >= 11 is 0. The summed E-state index contributed by atoms with van der Waals surface area (Å²) in [6.45, 7) is 2.86. The largest absolute Gasteiger partial charge is 0.429 e. The van der Waals surface area contributed by atoms with Crippen molar-refractivity contribution >= 4 is 0 Å². The first-order chi connectivity index (χ1) is 10.5. The standard InChI is InChI=1S/C17H23NO4/c1-17(12-19,13-20)11-18(2)10-15-8-9-16(22-15)21-14-6-4-3-5-7-14/h3-9,19-20H,10-13H2,1-2H3. The lowest BCUT2D eigenvalue weighted by molar-refractivity contribution is 0.0385. The van der Waals surface area contributed by atoms with E-state index in [4.69, 9.17) is 9.15 Å². The minimum absolute atomic E-state index is 0.0611. The van der Waals surface area contributed by atoms with Crippen LogP contribution >= 0.6 is 0 Å². The summed E-state index contributed by atoms with van der Waals surface area (Å²) in [5.74, 6) is 1.94. The maximum absolute atomic E-state index is 9.34. The molecule has 22 heavy (non-hydrogen) atoms. The lowest BCUT2D eigenvalue weighted by Crippen LogP contribution is -2.38. The molecule has 0 unspecified atom stereocenters. The SMILES string of the molecule is CN(Cc1ccc(Oc2ccccc2)o1)CC(C)(CO)CO. The molecule has 0 bridgehead atoms. The minimum Gasteiger partial charge on any atom is -0.429 e. The summed E-state index contributed by atoms with van der Waals surface area (Å²) in [5.41, 5.74) is -0.523. The van der Waals surface area contributed by atoms with Gasteiger partial charge in [-0.05, 0) is 25.2 Å². The molecular formula is C17H23NO4. The highest BCUT2D eigenvalue weighted by Gasteiger charge is 2.24. The van der Waals surface area contributed by atoms with E-state index in [0.717, 1.165) is 11.5 Å². The van der Waals surface area contributed by atoms with E-state index in [2.05, 4.69) is 0 Å². The molecule has 2 N–H and O–H groups in total. The third-order valence-electron chi connectivity index (χ3n) is 3.44. The predicted molar refractivity (Wildman–Crippen MR) is 83.8 cm³/mol. The molecule has 0 saturated heterocycles. The number of aliphatic hydroxyl groups is 2. The third-order valence-corrected chi connectivity index (χ3v) is 3.44. The first kappa shape index (κ1) is 16.5. The van der Waals surface area contributed by atoms with Gasteiger partial charge in [0.2, 0.25) is 0 Å². The second-order valence-corrected chi connectivity index (χ2v) is 5.94. The Kier molecular flexibility index (Phi) is 5.60. The van der Waals surface area contributed by atoms with Crippen LogP contribution in [0.4, 0.5) is 0 Å². The summed E-state index contributed by atoms with van der Waals surface area (Å²) in [7, 11) is 1.92. The molecule has 0 amide bonds. The average Bonchev–Trinajstić information content (AvgIpc) is 2.95. The molecule has 0 aliphatic carbocycles.